The Kier molecular flexibility index (Phi) is 4.98. The minimum atomic E-state index is -3.68. The van der Waals surface area contributed by atoms with Crippen molar-refractivity contribution in [3.8, 4) is 0 Å². The summed E-state index contributed by atoms with van der Waals surface area (Å²) >= 11 is 5.78. The third kappa shape index (κ3) is 3.58. The van der Waals surface area contributed by atoms with Crippen LogP contribution in [0.2, 0.25) is 5.02 Å². The van der Waals surface area contributed by atoms with Crippen molar-refractivity contribution in [2.75, 3.05) is 19.3 Å². The Bertz CT molecular complexity index is 517. The molecule has 0 aromatic heterocycles. The van der Waals surface area contributed by atoms with Gasteiger partial charge in [0.1, 0.15) is 4.90 Å². The van der Waals surface area contributed by atoms with Gasteiger partial charge in [0, 0.05) is 18.6 Å². The average molecular weight is 293 g/mol. The minimum Gasteiger partial charge on any atom is -0.398 e. The van der Waals surface area contributed by atoms with Crippen molar-refractivity contribution in [2.45, 2.75) is 24.3 Å². The molecule has 0 saturated carbocycles. The second kappa shape index (κ2) is 5.88. The highest BCUT2D eigenvalue weighted by molar-refractivity contribution is 7.89. The van der Waals surface area contributed by atoms with Gasteiger partial charge in [-0.05, 0) is 31.5 Å². The molecule has 3 N–H and O–H groups in total. The fraction of sp³-hybridized carbons (Fsp3) is 0.455. The van der Waals surface area contributed by atoms with Gasteiger partial charge in [0.15, 0.2) is 0 Å². The molecule has 0 spiro atoms. The third-order valence-corrected chi connectivity index (χ3v) is 4.67. The van der Waals surface area contributed by atoms with Crippen LogP contribution in [0.5, 0.6) is 0 Å². The Morgan fingerprint density at radius 2 is 2.11 bits per heavy atom. The average Bonchev–Trinajstić information content (AvgIpc) is 2.28. The largest absolute Gasteiger partial charge is 0.398 e. The van der Waals surface area contributed by atoms with Gasteiger partial charge in [-0.15, -0.1) is 0 Å². The third-order valence-electron chi connectivity index (χ3n) is 2.53. The van der Waals surface area contributed by atoms with Gasteiger partial charge in [-0.3, -0.25) is 0 Å². The maximum atomic E-state index is 12.2. The second-order valence-corrected chi connectivity index (χ2v) is 6.60. The number of aliphatic hydroxyl groups is 1. The van der Waals surface area contributed by atoms with Crippen molar-refractivity contribution in [2.24, 2.45) is 0 Å². The van der Waals surface area contributed by atoms with Crippen LogP contribution in [0, 0.1) is 0 Å². The van der Waals surface area contributed by atoms with E-state index in [1.165, 1.54) is 25.2 Å². The number of sulfonamides is 1. The predicted octanol–water partition coefficient (Wildman–Crippen LogP) is 1.31. The number of benzene rings is 1. The van der Waals surface area contributed by atoms with E-state index in [1.54, 1.807) is 6.92 Å². The molecule has 7 heteroatoms. The van der Waals surface area contributed by atoms with Crippen LogP contribution in [-0.4, -0.2) is 37.5 Å². The highest BCUT2D eigenvalue weighted by atomic mass is 35.5. The van der Waals surface area contributed by atoms with Gasteiger partial charge in [-0.25, -0.2) is 12.7 Å². The number of hydrogen-bond acceptors (Lipinski definition) is 4. The first-order valence-electron chi connectivity index (χ1n) is 5.44. The normalized spacial score (nSPS) is 13.8. The molecule has 1 unspecified atom stereocenters. The fourth-order valence-electron chi connectivity index (χ4n) is 1.39. The molecule has 0 aliphatic carbocycles. The molecule has 1 atom stereocenters. The summed E-state index contributed by atoms with van der Waals surface area (Å²) in [5, 5.41) is 9.48. The van der Waals surface area contributed by atoms with E-state index < -0.39 is 16.1 Å². The maximum Gasteiger partial charge on any atom is 0.244 e. The summed E-state index contributed by atoms with van der Waals surface area (Å²) in [6.07, 6.45) is -0.199. The smallest absolute Gasteiger partial charge is 0.244 e. The molecular formula is C11H17ClN2O3S. The predicted molar refractivity (Wildman–Crippen MR) is 72.0 cm³/mol. The van der Waals surface area contributed by atoms with E-state index in [4.69, 9.17) is 22.4 Å². The van der Waals surface area contributed by atoms with Gasteiger partial charge in [0.25, 0.3) is 0 Å². The van der Waals surface area contributed by atoms with Gasteiger partial charge in [0.2, 0.25) is 10.0 Å². The molecule has 1 aromatic carbocycles. The first-order chi connectivity index (χ1) is 8.25. The number of nitrogen functional groups attached to an aromatic ring is 1. The molecule has 0 heterocycles. The minimum absolute atomic E-state index is 0.0110. The summed E-state index contributed by atoms with van der Waals surface area (Å²) < 4.78 is 25.6. The highest BCUT2D eigenvalue weighted by Gasteiger charge is 2.23. The summed E-state index contributed by atoms with van der Waals surface area (Å²) in [7, 11) is -2.23. The van der Waals surface area contributed by atoms with E-state index in [1.807, 2.05) is 0 Å². The number of rotatable bonds is 5. The van der Waals surface area contributed by atoms with Crippen LogP contribution in [0.25, 0.3) is 0 Å². The summed E-state index contributed by atoms with van der Waals surface area (Å²) in [5.41, 5.74) is 5.81. The number of hydrogen-bond donors (Lipinski definition) is 2. The van der Waals surface area contributed by atoms with Gasteiger partial charge >= 0.3 is 0 Å². The van der Waals surface area contributed by atoms with Gasteiger partial charge in [0.05, 0.1) is 11.8 Å². The molecule has 0 aliphatic heterocycles. The first kappa shape index (κ1) is 15.2. The van der Waals surface area contributed by atoms with E-state index in [0.29, 0.717) is 11.4 Å². The summed E-state index contributed by atoms with van der Waals surface area (Å²) in [4.78, 5) is -0.0110. The zero-order valence-electron chi connectivity index (χ0n) is 10.3. The number of halogens is 1. The van der Waals surface area contributed by atoms with E-state index in [-0.39, 0.29) is 17.1 Å². The van der Waals surface area contributed by atoms with Crippen LogP contribution < -0.4 is 5.73 Å². The molecule has 18 heavy (non-hydrogen) atoms. The van der Waals surface area contributed by atoms with Crippen molar-refractivity contribution in [1.82, 2.24) is 4.31 Å². The molecule has 5 nitrogen and oxygen atoms in total. The molecule has 1 rings (SSSR count). The Labute approximate surface area is 112 Å². The SMILES string of the molecule is CC(O)CCN(C)S(=O)(=O)c1cc(Cl)ccc1N. The summed E-state index contributed by atoms with van der Waals surface area (Å²) in [6, 6.07) is 4.31. The number of nitrogens with zero attached hydrogens (tertiary/aromatic N) is 1. The van der Waals surface area contributed by atoms with E-state index in [0.717, 1.165) is 4.31 Å². The van der Waals surface area contributed by atoms with Crippen molar-refractivity contribution in [1.29, 1.82) is 0 Å². The zero-order chi connectivity index (χ0) is 13.9. The van der Waals surface area contributed by atoms with Gasteiger partial charge in [-0.2, -0.15) is 0 Å². The fourth-order valence-corrected chi connectivity index (χ4v) is 2.95. The first-order valence-corrected chi connectivity index (χ1v) is 7.26. The van der Waals surface area contributed by atoms with E-state index in [2.05, 4.69) is 0 Å². The van der Waals surface area contributed by atoms with Crippen molar-refractivity contribution >= 4 is 27.3 Å². The molecule has 0 aliphatic rings. The summed E-state index contributed by atoms with van der Waals surface area (Å²) in [5.74, 6) is 0. The number of aliphatic hydroxyl groups excluding tert-OH is 1. The lowest BCUT2D eigenvalue weighted by Gasteiger charge is -2.19. The Balaban J connectivity index is 3.02. The molecule has 102 valence electrons. The lowest BCUT2D eigenvalue weighted by Crippen LogP contribution is -2.30. The molecule has 0 amide bonds. The van der Waals surface area contributed by atoms with Crippen LogP contribution in [-0.2, 0) is 10.0 Å². The quantitative estimate of drug-likeness (QED) is 0.802. The summed E-state index contributed by atoms with van der Waals surface area (Å²) in [6.45, 7) is 1.82. The highest BCUT2D eigenvalue weighted by Crippen LogP contribution is 2.25. The maximum absolute atomic E-state index is 12.2. The van der Waals surface area contributed by atoms with Crippen LogP contribution >= 0.6 is 11.6 Å². The monoisotopic (exact) mass is 292 g/mol. The second-order valence-electron chi connectivity index (χ2n) is 4.15. The molecular weight excluding hydrogens is 276 g/mol. The number of nitrogens with two attached hydrogens (primary N) is 1. The topological polar surface area (TPSA) is 83.6 Å². The van der Waals surface area contributed by atoms with Crippen LogP contribution in [0.4, 0.5) is 5.69 Å². The Morgan fingerprint density at radius 1 is 1.50 bits per heavy atom. The van der Waals surface area contributed by atoms with Crippen molar-refractivity contribution in [3.05, 3.63) is 23.2 Å². The van der Waals surface area contributed by atoms with Crippen molar-refractivity contribution in [3.63, 3.8) is 0 Å². The van der Waals surface area contributed by atoms with Crippen LogP contribution in [0.1, 0.15) is 13.3 Å². The van der Waals surface area contributed by atoms with E-state index >= 15 is 0 Å². The van der Waals surface area contributed by atoms with Gasteiger partial charge < -0.3 is 10.8 Å². The Hall–Kier alpha value is -0.820. The molecule has 1 aromatic rings. The molecule has 0 bridgehead atoms. The molecule has 0 saturated heterocycles. The van der Waals surface area contributed by atoms with Crippen LogP contribution in [0.15, 0.2) is 23.1 Å². The zero-order valence-corrected chi connectivity index (χ0v) is 11.9. The number of anilines is 1. The standard InChI is InChI=1S/C11H17ClN2O3S/c1-8(15)5-6-14(2)18(16,17)11-7-9(12)3-4-10(11)13/h3-4,7-8,15H,5-6,13H2,1-2H3. The van der Waals surface area contributed by atoms with Crippen LogP contribution in [0.3, 0.4) is 0 Å². The van der Waals surface area contributed by atoms with Crippen molar-refractivity contribution < 1.29 is 13.5 Å². The van der Waals surface area contributed by atoms with Gasteiger partial charge in [-0.1, -0.05) is 11.6 Å². The Morgan fingerprint density at radius 3 is 2.67 bits per heavy atom. The molecule has 0 radical (unpaired) electrons. The lowest BCUT2D eigenvalue weighted by molar-refractivity contribution is 0.177. The van der Waals surface area contributed by atoms with E-state index in [9.17, 15) is 8.42 Å². The lowest BCUT2D eigenvalue weighted by atomic mass is 10.3. The molecule has 0 fully saturated rings.